The third-order valence-electron chi connectivity index (χ3n) is 4.41. The number of ketones is 1. The second-order valence-electron chi connectivity index (χ2n) is 10.1. The molecule has 0 radical (unpaired) electrons. The number of rotatable bonds is 6. The Balaban J connectivity index is 0.000000380. The smallest absolute Gasteiger partial charge is 0.412 e. The van der Waals surface area contributed by atoms with Crippen molar-refractivity contribution in [1.82, 2.24) is 9.97 Å². The number of amides is 2. The Morgan fingerprint density at radius 3 is 1.76 bits per heavy atom. The predicted molar refractivity (Wildman–Crippen MR) is 148 cm³/mol. The topological polar surface area (TPSA) is 140 Å². The number of Topliss-reactive ketones (excluding diaryl/α,β-unsaturated/α-hetero) is 1. The molecule has 0 aliphatic rings. The normalized spacial score (nSPS) is 12.0. The number of aromatic nitrogens is 2. The van der Waals surface area contributed by atoms with E-state index in [0.717, 1.165) is 0 Å². The maximum atomic E-state index is 11.8. The highest BCUT2D eigenvalue weighted by Crippen LogP contribution is 2.27. The van der Waals surface area contributed by atoms with Crippen molar-refractivity contribution in [3.8, 4) is 0 Å². The number of nitrogens with one attached hydrogen (secondary N) is 2. The van der Waals surface area contributed by atoms with Gasteiger partial charge < -0.3 is 14.6 Å². The first-order valence-electron chi connectivity index (χ1n) is 12.0. The lowest BCUT2D eigenvalue weighted by Crippen LogP contribution is -2.27. The Bertz CT molecular complexity index is 1130. The first-order chi connectivity index (χ1) is 17.5. The van der Waals surface area contributed by atoms with Gasteiger partial charge in [0.15, 0.2) is 5.78 Å². The number of halogens is 2. The number of nitrogens with zero attached hydrogens (tertiary/aromatic N) is 2. The van der Waals surface area contributed by atoms with Gasteiger partial charge in [0.2, 0.25) is 0 Å². The first kappa shape index (κ1) is 33.1. The summed E-state index contributed by atoms with van der Waals surface area (Å²) in [6.07, 6.45) is 1.61. The van der Waals surface area contributed by atoms with E-state index in [1.165, 1.54) is 24.5 Å². The molecule has 10 nitrogen and oxygen atoms in total. The van der Waals surface area contributed by atoms with Crippen LogP contribution in [0.25, 0.3) is 0 Å². The maximum absolute atomic E-state index is 11.8. The maximum Gasteiger partial charge on any atom is 0.412 e. The van der Waals surface area contributed by atoms with Gasteiger partial charge in [-0.1, -0.05) is 37.0 Å². The third-order valence-corrected chi connectivity index (χ3v) is 4.83. The van der Waals surface area contributed by atoms with Gasteiger partial charge in [-0.15, -0.1) is 0 Å². The van der Waals surface area contributed by atoms with Crippen LogP contribution in [0.5, 0.6) is 0 Å². The van der Waals surface area contributed by atoms with Crippen LogP contribution in [0.15, 0.2) is 24.5 Å². The fraction of sp³-hybridized carbons (Fsp3) is 0.500. The number of carbonyl (C=O) groups excluding carboxylic acids is 3. The minimum atomic E-state index is -0.717. The lowest BCUT2D eigenvalue weighted by molar-refractivity contribution is 0.0624. The van der Waals surface area contributed by atoms with Gasteiger partial charge in [-0.3, -0.25) is 15.4 Å². The van der Waals surface area contributed by atoms with Crippen molar-refractivity contribution in [2.24, 2.45) is 0 Å². The molecule has 38 heavy (non-hydrogen) atoms. The van der Waals surface area contributed by atoms with Crippen LogP contribution >= 0.6 is 23.2 Å². The van der Waals surface area contributed by atoms with Crippen molar-refractivity contribution >= 4 is 52.5 Å². The summed E-state index contributed by atoms with van der Waals surface area (Å²) in [4.78, 5) is 42.9. The van der Waals surface area contributed by atoms with E-state index in [-0.39, 0.29) is 16.1 Å². The molecular formula is C26H36Cl2N4O6. The molecule has 1 atom stereocenters. The van der Waals surface area contributed by atoms with Crippen LogP contribution in [0.1, 0.15) is 90.3 Å². The Kier molecular flexibility index (Phi) is 12.4. The van der Waals surface area contributed by atoms with Gasteiger partial charge in [0, 0.05) is 17.5 Å². The van der Waals surface area contributed by atoms with E-state index >= 15 is 0 Å². The van der Waals surface area contributed by atoms with Crippen molar-refractivity contribution in [3.63, 3.8) is 0 Å². The van der Waals surface area contributed by atoms with Crippen molar-refractivity contribution in [1.29, 1.82) is 0 Å². The Morgan fingerprint density at radius 1 is 0.868 bits per heavy atom. The number of pyridine rings is 2. The monoisotopic (exact) mass is 570 g/mol. The van der Waals surface area contributed by atoms with Gasteiger partial charge in [0.1, 0.15) is 21.5 Å². The third kappa shape index (κ3) is 12.1. The highest BCUT2D eigenvalue weighted by Gasteiger charge is 2.20. The summed E-state index contributed by atoms with van der Waals surface area (Å²) in [6, 6.07) is 2.96. The second kappa shape index (κ2) is 14.3. The number of hydrogen-bond acceptors (Lipinski definition) is 8. The van der Waals surface area contributed by atoms with E-state index in [0.29, 0.717) is 35.3 Å². The molecular weight excluding hydrogens is 535 g/mol. The van der Waals surface area contributed by atoms with Gasteiger partial charge in [-0.2, -0.15) is 0 Å². The molecule has 210 valence electrons. The Hall–Kier alpha value is -2.95. The molecule has 0 saturated carbocycles. The van der Waals surface area contributed by atoms with Crippen molar-refractivity contribution in [2.75, 3.05) is 10.6 Å². The van der Waals surface area contributed by atoms with Crippen LogP contribution in [0.2, 0.25) is 10.3 Å². The molecule has 0 aliphatic heterocycles. The molecule has 12 heteroatoms. The molecule has 1 unspecified atom stereocenters. The van der Waals surface area contributed by atoms with Crippen molar-refractivity contribution in [3.05, 3.63) is 46.0 Å². The summed E-state index contributed by atoms with van der Waals surface area (Å²) in [5.74, 6) is -0.129. The molecule has 0 spiro atoms. The molecule has 0 aliphatic carbocycles. The SMILES string of the molecule is CCC(=O)c1cc(Cl)ncc1NC(=O)OC(C)(C)C.CCC(O)c1cc(Cl)ncc1NC(=O)OC(C)(C)C. The predicted octanol–water partition coefficient (Wildman–Crippen LogP) is 7.20. The summed E-state index contributed by atoms with van der Waals surface area (Å²) in [7, 11) is 0. The Labute approximate surface area is 233 Å². The summed E-state index contributed by atoms with van der Waals surface area (Å²) < 4.78 is 10.3. The van der Waals surface area contributed by atoms with Gasteiger partial charge in [0.05, 0.1) is 29.9 Å². The molecule has 0 bridgehead atoms. The molecule has 2 aromatic rings. The van der Waals surface area contributed by atoms with E-state index in [4.69, 9.17) is 32.7 Å². The number of carbonyl (C=O) groups is 3. The van der Waals surface area contributed by atoms with E-state index in [1.54, 1.807) is 48.5 Å². The average Bonchev–Trinajstić information content (AvgIpc) is 2.78. The van der Waals surface area contributed by atoms with E-state index in [2.05, 4.69) is 20.6 Å². The first-order valence-corrected chi connectivity index (χ1v) is 12.7. The summed E-state index contributed by atoms with van der Waals surface area (Å²) >= 11 is 11.5. The number of aliphatic hydroxyl groups excluding tert-OH is 1. The van der Waals surface area contributed by atoms with Crippen LogP contribution in [0, 0.1) is 0 Å². The highest BCUT2D eigenvalue weighted by molar-refractivity contribution is 6.30. The number of hydrogen-bond donors (Lipinski definition) is 3. The fourth-order valence-corrected chi connectivity index (χ4v) is 3.15. The zero-order chi connectivity index (χ0) is 29.3. The molecule has 0 aromatic carbocycles. The zero-order valence-corrected chi connectivity index (χ0v) is 24.5. The van der Waals surface area contributed by atoms with Crippen LogP contribution < -0.4 is 10.6 Å². The zero-order valence-electron chi connectivity index (χ0n) is 22.9. The minimum absolute atomic E-state index is 0.129. The number of anilines is 2. The lowest BCUT2D eigenvalue weighted by atomic mass is 10.1. The number of ether oxygens (including phenoxy) is 2. The molecule has 0 fully saturated rings. The largest absolute Gasteiger partial charge is 0.444 e. The van der Waals surface area contributed by atoms with Crippen LogP contribution in [-0.4, -0.2) is 44.2 Å². The van der Waals surface area contributed by atoms with Crippen molar-refractivity contribution < 1.29 is 29.0 Å². The molecule has 0 saturated heterocycles. The second-order valence-corrected chi connectivity index (χ2v) is 10.9. The fourth-order valence-electron chi connectivity index (χ4n) is 2.82. The molecule has 3 N–H and O–H groups in total. The van der Waals surface area contributed by atoms with Crippen LogP contribution in [-0.2, 0) is 9.47 Å². The van der Waals surface area contributed by atoms with Crippen LogP contribution in [0.3, 0.4) is 0 Å². The highest BCUT2D eigenvalue weighted by atomic mass is 35.5. The quantitative estimate of drug-likeness (QED) is 0.244. The molecule has 2 amide bonds. The van der Waals surface area contributed by atoms with E-state index in [9.17, 15) is 19.5 Å². The number of aliphatic hydroxyl groups is 1. The van der Waals surface area contributed by atoms with Gasteiger partial charge in [-0.05, 0) is 60.1 Å². The van der Waals surface area contributed by atoms with E-state index < -0.39 is 29.5 Å². The minimum Gasteiger partial charge on any atom is -0.444 e. The van der Waals surface area contributed by atoms with E-state index in [1.807, 2.05) is 6.92 Å². The summed E-state index contributed by atoms with van der Waals surface area (Å²) in [6.45, 7) is 14.1. The van der Waals surface area contributed by atoms with Crippen LogP contribution in [0.4, 0.5) is 21.0 Å². The standard InChI is InChI=1S/C13H19ClN2O3.C13H17ClN2O3/c2*1-5-10(17)8-6-11(14)15-7-9(8)16-12(18)19-13(2,3)4/h6-7,10,17H,5H2,1-4H3,(H,16,18);6-7H,5H2,1-4H3,(H,16,18). The molecule has 2 aromatic heterocycles. The lowest BCUT2D eigenvalue weighted by Gasteiger charge is -2.21. The van der Waals surface area contributed by atoms with Crippen molar-refractivity contribution in [2.45, 2.75) is 85.5 Å². The summed E-state index contributed by atoms with van der Waals surface area (Å²) in [5.41, 5.74) is 0.340. The summed E-state index contributed by atoms with van der Waals surface area (Å²) in [5, 5.41) is 15.4. The Morgan fingerprint density at radius 2 is 1.32 bits per heavy atom. The van der Waals surface area contributed by atoms with Gasteiger partial charge >= 0.3 is 12.2 Å². The average molecular weight is 572 g/mol. The van der Waals surface area contributed by atoms with Gasteiger partial charge in [0.25, 0.3) is 0 Å². The van der Waals surface area contributed by atoms with Gasteiger partial charge in [-0.25, -0.2) is 19.6 Å². The molecule has 2 rings (SSSR count). The molecule has 2 heterocycles.